The van der Waals surface area contributed by atoms with Gasteiger partial charge in [-0.05, 0) is 40.2 Å². The fourth-order valence-electron chi connectivity index (χ4n) is 3.43. The van der Waals surface area contributed by atoms with Crippen molar-refractivity contribution in [2.24, 2.45) is 5.73 Å². The van der Waals surface area contributed by atoms with Gasteiger partial charge in [-0.25, -0.2) is 4.98 Å². The standard InChI is InChI=1S/C22H24BrN7O2/c1-32-19-12-14(30-10-8-25-9-11-30)6-7-18(19)28-22-26-13-15(20(24)31)21(29-22)27-17-5-3-2-4-16(17)23/h2-7,12-13,25H,8-11H2,1H3,(H2,24,31)(H2,26,27,28,29). The highest BCUT2D eigenvalue weighted by molar-refractivity contribution is 9.10. The minimum absolute atomic E-state index is 0.187. The van der Waals surface area contributed by atoms with E-state index in [1.807, 2.05) is 42.5 Å². The largest absolute Gasteiger partial charge is 0.494 e. The van der Waals surface area contributed by atoms with E-state index in [0.717, 1.165) is 42.0 Å². The molecule has 32 heavy (non-hydrogen) atoms. The Labute approximate surface area is 194 Å². The summed E-state index contributed by atoms with van der Waals surface area (Å²) in [6, 6.07) is 13.5. The van der Waals surface area contributed by atoms with Crippen molar-refractivity contribution in [3.63, 3.8) is 0 Å². The maximum absolute atomic E-state index is 11.9. The number of anilines is 5. The fraction of sp³-hybridized carbons (Fsp3) is 0.227. The van der Waals surface area contributed by atoms with Crippen LogP contribution < -0.4 is 31.3 Å². The molecule has 0 unspecified atom stereocenters. The summed E-state index contributed by atoms with van der Waals surface area (Å²) >= 11 is 3.48. The van der Waals surface area contributed by atoms with Crippen molar-refractivity contribution >= 4 is 50.7 Å². The molecule has 4 rings (SSSR count). The summed E-state index contributed by atoms with van der Waals surface area (Å²) in [5.41, 5.74) is 8.26. The number of halogens is 1. The Morgan fingerprint density at radius 1 is 1.16 bits per heavy atom. The lowest BCUT2D eigenvalue weighted by atomic mass is 10.2. The predicted molar refractivity (Wildman–Crippen MR) is 129 cm³/mol. The summed E-state index contributed by atoms with van der Waals surface area (Å²) in [6.07, 6.45) is 1.40. The molecule has 0 atom stereocenters. The summed E-state index contributed by atoms with van der Waals surface area (Å²) in [6.45, 7) is 3.79. The number of nitrogens with one attached hydrogen (secondary N) is 3. The Morgan fingerprint density at radius 2 is 1.94 bits per heavy atom. The molecule has 1 amide bonds. The van der Waals surface area contributed by atoms with Crippen LogP contribution in [0.2, 0.25) is 0 Å². The van der Waals surface area contributed by atoms with Crippen molar-refractivity contribution < 1.29 is 9.53 Å². The topological polar surface area (TPSA) is 117 Å². The lowest BCUT2D eigenvalue weighted by Gasteiger charge is -2.30. The highest BCUT2D eigenvalue weighted by Gasteiger charge is 2.16. The number of benzene rings is 2. The van der Waals surface area contributed by atoms with Crippen LogP contribution in [0.4, 0.5) is 28.8 Å². The van der Waals surface area contributed by atoms with E-state index in [9.17, 15) is 4.79 Å². The molecule has 0 aliphatic carbocycles. The van der Waals surface area contributed by atoms with Gasteiger partial charge in [0.1, 0.15) is 17.1 Å². The first-order valence-electron chi connectivity index (χ1n) is 10.1. The van der Waals surface area contributed by atoms with Crippen LogP contribution in [0.3, 0.4) is 0 Å². The van der Waals surface area contributed by atoms with Gasteiger partial charge in [-0.3, -0.25) is 4.79 Å². The molecule has 1 aliphatic rings. The molecule has 3 aromatic rings. The van der Waals surface area contributed by atoms with Crippen LogP contribution in [-0.2, 0) is 0 Å². The molecular formula is C22H24BrN7O2. The Morgan fingerprint density at radius 3 is 2.66 bits per heavy atom. The van der Waals surface area contributed by atoms with Crippen LogP contribution in [0.25, 0.3) is 0 Å². The predicted octanol–water partition coefficient (Wildman–Crippen LogP) is 3.24. The van der Waals surface area contributed by atoms with Crippen LogP contribution in [-0.4, -0.2) is 49.2 Å². The number of rotatable bonds is 7. The fourth-order valence-corrected chi connectivity index (χ4v) is 3.82. The van der Waals surface area contributed by atoms with E-state index in [-0.39, 0.29) is 5.56 Å². The maximum atomic E-state index is 11.9. The Kier molecular flexibility index (Phi) is 6.72. The molecule has 1 aromatic heterocycles. The molecule has 9 nitrogen and oxygen atoms in total. The van der Waals surface area contributed by atoms with Crippen molar-refractivity contribution in [2.75, 3.05) is 48.8 Å². The first kappa shape index (κ1) is 21.8. The third kappa shape index (κ3) is 4.92. The number of piperazine rings is 1. The number of primary amides is 1. The van der Waals surface area contributed by atoms with Gasteiger partial charge in [0.05, 0.1) is 18.5 Å². The monoisotopic (exact) mass is 497 g/mol. The molecule has 166 valence electrons. The van der Waals surface area contributed by atoms with Gasteiger partial charge < -0.3 is 31.3 Å². The van der Waals surface area contributed by atoms with E-state index in [2.05, 4.69) is 46.7 Å². The molecular weight excluding hydrogens is 474 g/mol. The maximum Gasteiger partial charge on any atom is 0.254 e. The molecule has 0 spiro atoms. The molecule has 0 radical (unpaired) electrons. The van der Waals surface area contributed by atoms with E-state index in [0.29, 0.717) is 23.2 Å². The average molecular weight is 498 g/mol. The summed E-state index contributed by atoms with van der Waals surface area (Å²) < 4.78 is 6.42. The Balaban J connectivity index is 1.61. The second-order valence-electron chi connectivity index (χ2n) is 7.17. The zero-order valence-electron chi connectivity index (χ0n) is 17.6. The van der Waals surface area contributed by atoms with E-state index < -0.39 is 5.91 Å². The molecule has 2 aromatic carbocycles. The van der Waals surface area contributed by atoms with Crippen LogP contribution in [0.15, 0.2) is 53.1 Å². The van der Waals surface area contributed by atoms with Gasteiger partial charge in [-0.2, -0.15) is 4.98 Å². The number of carbonyl (C=O) groups excluding carboxylic acids is 1. The number of amides is 1. The van der Waals surface area contributed by atoms with Crippen LogP contribution in [0.5, 0.6) is 5.75 Å². The second-order valence-corrected chi connectivity index (χ2v) is 8.03. The second kappa shape index (κ2) is 9.84. The number of nitrogens with zero attached hydrogens (tertiary/aromatic N) is 3. The van der Waals surface area contributed by atoms with Gasteiger partial charge in [-0.15, -0.1) is 0 Å². The van der Waals surface area contributed by atoms with Crippen LogP contribution in [0.1, 0.15) is 10.4 Å². The molecule has 2 heterocycles. The number of para-hydroxylation sites is 1. The summed E-state index contributed by atoms with van der Waals surface area (Å²) in [4.78, 5) is 22.9. The summed E-state index contributed by atoms with van der Waals surface area (Å²) in [5.74, 6) is 0.657. The van der Waals surface area contributed by atoms with E-state index in [1.54, 1.807) is 7.11 Å². The normalized spacial score (nSPS) is 13.5. The third-order valence-electron chi connectivity index (χ3n) is 5.09. The van der Waals surface area contributed by atoms with Gasteiger partial charge in [-0.1, -0.05) is 12.1 Å². The van der Waals surface area contributed by atoms with Crippen molar-refractivity contribution in [3.8, 4) is 5.75 Å². The minimum Gasteiger partial charge on any atom is -0.494 e. The van der Waals surface area contributed by atoms with Crippen LogP contribution in [0, 0.1) is 0 Å². The van der Waals surface area contributed by atoms with Crippen molar-refractivity contribution in [1.82, 2.24) is 15.3 Å². The number of aromatic nitrogens is 2. The molecule has 1 fully saturated rings. The SMILES string of the molecule is COc1cc(N2CCNCC2)ccc1Nc1ncc(C(N)=O)c(Nc2ccccc2Br)n1. The Bertz CT molecular complexity index is 1120. The first-order chi connectivity index (χ1) is 15.5. The van der Waals surface area contributed by atoms with Gasteiger partial charge >= 0.3 is 0 Å². The highest BCUT2D eigenvalue weighted by Crippen LogP contribution is 2.32. The number of nitrogens with two attached hydrogens (primary N) is 1. The molecule has 0 bridgehead atoms. The number of carbonyl (C=O) groups is 1. The molecule has 5 N–H and O–H groups in total. The minimum atomic E-state index is -0.621. The zero-order chi connectivity index (χ0) is 22.5. The van der Waals surface area contributed by atoms with Crippen LogP contribution >= 0.6 is 15.9 Å². The van der Waals surface area contributed by atoms with Crippen molar-refractivity contribution in [3.05, 3.63) is 58.7 Å². The number of hydrogen-bond acceptors (Lipinski definition) is 8. The quantitative estimate of drug-likeness (QED) is 0.392. The lowest BCUT2D eigenvalue weighted by molar-refractivity contribution is 0.100. The highest BCUT2D eigenvalue weighted by atomic mass is 79.9. The smallest absolute Gasteiger partial charge is 0.254 e. The van der Waals surface area contributed by atoms with E-state index in [1.165, 1.54) is 6.20 Å². The van der Waals surface area contributed by atoms with E-state index >= 15 is 0 Å². The van der Waals surface area contributed by atoms with E-state index in [4.69, 9.17) is 10.5 Å². The molecule has 0 saturated carbocycles. The summed E-state index contributed by atoms with van der Waals surface area (Å²) in [5, 5.41) is 9.68. The Hall–Kier alpha value is -3.37. The molecule has 1 saturated heterocycles. The number of hydrogen-bond donors (Lipinski definition) is 4. The van der Waals surface area contributed by atoms with Gasteiger partial charge in [0.2, 0.25) is 5.95 Å². The third-order valence-corrected chi connectivity index (χ3v) is 5.79. The van der Waals surface area contributed by atoms with Gasteiger partial charge in [0.15, 0.2) is 0 Å². The first-order valence-corrected chi connectivity index (χ1v) is 10.9. The molecule has 10 heteroatoms. The van der Waals surface area contributed by atoms with Gasteiger partial charge in [0, 0.05) is 48.6 Å². The zero-order valence-corrected chi connectivity index (χ0v) is 19.1. The average Bonchev–Trinajstić information content (AvgIpc) is 2.81. The summed E-state index contributed by atoms with van der Waals surface area (Å²) in [7, 11) is 1.62. The number of ether oxygens (including phenoxy) is 1. The lowest BCUT2D eigenvalue weighted by Crippen LogP contribution is -2.43. The molecule has 1 aliphatic heterocycles. The number of methoxy groups -OCH3 is 1. The van der Waals surface area contributed by atoms with Crippen molar-refractivity contribution in [2.45, 2.75) is 0 Å². The van der Waals surface area contributed by atoms with Gasteiger partial charge in [0.25, 0.3) is 5.91 Å². The van der Waals surface area contributed by atoms with Crippen molar-refractivity contribution in [1.29, 1.82) is 0 Å².